The highest BCUT2D eigenvalue weighted by Gasteiger charge is 2.01. The van der Waals surface area contributed by atoms with Crippen molar-refractivity contribution in [1.82, 2.24) is 14.7 Å². The fraction of sp³-hybridized carbons (Fsp3) is 0.417. The summed E-state index contributed by atoms with van der Waals surface area (Å²) in [5.41, 5.74) is 1.92. The van der Waals surface area contributed by atoms with Crippen LogP contribution in [0.4, 0.5) is 0 Å². The van der Waals surface area contributed by atoms with Gasteiger partial charge in [-0.1, -0.05) is 11.6 Å². The number of rotatable bonds is 6. The first-order valence-corrected chi connectivity index (χ1v) is 6.09. The molecule has 0 spiro atoms. The number of fused-ring (bicyclic) bond motifs is 1. The smallest absolute Gasteiger partial charge is 0.137 e. The highest BCUT2D eigenvalue weighted by Crippen LogP contribution is 2.11. The van der Waals surface area contributed by atoms with Crippen LogP contribution in [0.15, 0.2) is 24.5 Å². The Morgan fingerprint density at radius 3 is 3.12 bits per heavy atom. The number of ether oxygens (including phenoxy) is 1. The SMILES string of the molecule is CCOCCNCc1cn2cc(Cl)ccc2n1. The summed E-state index contributed by atoms with van der Waals surface area (Å²) in [6, 6.07) is 3.75. The van der Waals surface area contributed by atoms with E-state index in [0.717, 1.165) is 37.6 Å². The second kappa shape index (κ2) is 6.00. The van der Waals surface area contributed by atoms with Crippen LogP contribution in [-0.4, -0.2) is 29.1 Å². The van der Waals surface area contributed by atoms with E-state index in [1.165, 1.54) is 0 Å². The van der Waals surface area contributed by atoms with E-state index in [1.807, 2.05) is 35.9 Å². The number of imidazole rings is 1. The molecule has 0 saturated carbocycles. The van der Waals surface area contributed by atoms with E-state index in [2.05, 4.69) is 10.3 Å². The highest BCUT2D eigenvalue weighted by molar-refractivity contribution is 6.30. The van der Waals surface area contributed by atoms with Gasteiger partial charge >= 0.3 is 0 Å². The van der Waals surface area contributed by atoms with Crippen LogP contribution in [0, 0.1) is 0 Å². The first-order chi connectivity index (χ1) is 8.29. The molecule has 0 aliphatic carbocycles. The van der Waals surface area contributed by atoms with Crippen molar-refractivity contribution in [2.75, 3.05) is 19.8 Å². The summed E-state index contributed by atoms with van der Waals surface area (Å²) in [5, 5.41) is 3.99. The van der Waals surface area contributed by atoms with Crippen LogP contribution in [-0.2, 0) is 11.3 Å². The minimum Gasteiger partial charge on any atom is -0.380 e. The zero-order chi connectivity index (χ0) is 12.1. The van der Waals surface area contributed by atoms with Crippen molar-refractivity contribution in [3.8, 4) is 0 Å². The van der Waals surface area contributed by atoms with Gasteiger partial charge in [-0.3, -0.25) is 0 Å². The minimum atomic E-state index is 0.714. The molecule has 0 aliphatic heterocycles. The van der Waals surface area contributed by atoms with Gasteiger partial charge in [0.2, 0.25) is 0 Å². The molecule has 5 heteroatoms. The Labute approximate surface area is 106 Å². The molecule has 0 aromatic carbocycles. The van der Waals surface area contributed by atoms with Gasteiger partial charge in [0.1, 0.15) is 5.65 Å². The van der Waals surface area contributed by atoms with Gasteiger partial charge in [0.25, 0.3) is 0 Å². The van der Waals surface area contributed by atoms with Gasteiger partial charge in [0, 0.05) is 32.1 Å². The first-order valence-electron chi connectivity index (χ1n) is 5.71. The van der Waals surface area contributed by atoms with Gasteiger partial charge in [-0.25, -0.2) is 4.98 Å². The lowest BCUT2D eigenvalue weighted by Crippen LogP contribution is -2.19. The van der Waals surface area contributed by atoms with Gasteiger partial charge in [0.15, 0.2) is 0 Å². The number of hydrogen-bond donors (Lipinski definition) is 1. The van der Waals surface area contributed by atoms with Gasteiger partial charge in [0.05, 0.1) is 17.3 Å². The molecule has 0 fully saturated rings. The average Bonchev–Trinajstić information content (AvgIpc) is 2.70. The zero-order valence-electron chi connectivity index (χ0n) is 9.82. The molecular formula is C12H16ClN3O. The topological polar surface area (TPSA) is 38.6 Å². The first kappa shape index (κ1) is 12.4. The molecule has 2 aromatic heterocycles. The number of hydrogen-bond acceptors (Lipinski definition) is 3. The summed E-state index contributed by atoms with van der Waals surface area (Å²) in [4.78, 5) is 4.47. The van der Waals surface area contributed by atoms with Gasteiger partial charge < -0.3 is 14.5 Å². The van der Waals surface area contributed by atoms with E-state index in [9.17, 15) is 0 Å². The number of nitrogens with zero attached hydrogens (tertiary/aromatic N) is 2. The lowest BCUT2D eigenvalue weighted by molar-refractivity contribution is 0.149. The molecule has 2 aromatic rings. The Morgan fingerprint density at radius 2 is 2.29 bits per heavy atom. The summed E-state index contributed by atoms with van der Waals surface area (Å²) >= 11 is 5.91. The van der Waals surface area contributed by atoms with E-state index in [-0.39, 0.29) is 0 Å². The number of nitrogens with one attached hydrogen (secondary N) is 1. The maximum Gasteiger partial charge on any atom is 0.137 e. The maximum atomic E-state index is 5.91. The Kier molecular flexibility index (Phi) is 4.36. The monoisotopic (exact) mass is 253 g/mol. The molecule has 4 nitrogen and oxygen atoms in total. The minimum absolute atomic E-state index is 0.714. The van der Waals surface area contributed by atoms with Crippen molar-refractivity contribution in [1.29, 1.82) is 0 Å². The van der Waals surface area contributed by atoms with Crippen LogP contribution < -0.4 is 5.32 Å². The predicted octanol–water partition coefficient (Wildman–Crippen LogP) is 2.11. The quantitative estimate of drug-likeness (QED) is 0.802. The Hall–Kier alpha value is -1.10. The summed E-state index contributed by atoms with van der Waals surface area (Å²) in [6.45, 7) is 5.06. The Balaban J connectivity index is 1.91. The third kappa shape index (κ3) is 3.43. The second-order valence-corrected chi connectivity index (χ2v) is 4.16. The fourth-order valence-electron chi connectivity index (χ4n) is 1.61. The fourth-order valence-corrected chi connectivity index (χ4v) is 1.78. The normalized spacial score (nSPS) is 11.2. The third-order valence-corrected chi connectivity index (χ3v) is 2.62. The van der Waals surface area contributed by atoms with Gasteiger partial charge in [-0.05, 0) is 19.1 Å². The van der Waals surface area contributed by atoms with Gasteiger partial charge in [-0.15, -0.1) is 0 Å². The summed E-state index contributed by atoms with van der Waals surface area (Å²) in [7, 11) is 0. The second-order valence-electron chi connectivity index (χ2n) is 3.72. The van der Waals surface area contributed by atoms with E-state index >= 15 is 0 Å². The molecule has 92 valence electrons. The standard InChI is InChI=1S/C12H16ClN3O/c1-2-17-6-5-14-7-11-9-16-8-10(13)3-4-12(16)15-11/h3-4,8-9,14H,2,5-7H2,1H3. The molecule has 17 heavy (non-hydrogen) atoms. The van der Waals surface area contributed by atoms with Crippen molar-refractivity contribution < 1.29 is 4.74 Å². The van der Waals surface area contributed by atoms with E-state index in [1.54, 1.807) is 0 Å². The van der Waals surface area contributed by atoms with Crippen LogP contribution in [0.5, 0.6) is 0 Å². The molecule has 0 radical (unpaired) electrons. The van der Waals surface area contributed by atoms with Crippen LogP contribution in [0.3, 0.4) is 0 Å². The van der Waals surface area contributed by atoms with Gasteiger partial charge in [-0.2, -0.15) is 0 Å². The van der Waals surface area contributed by atoms with Crippen molar-refractivity contribution in [2.24, 2.45) is 0 Å². The number of halogens is 1. The molecule has 0 amide bonds. The Morgan fingerprint density at radius 1 is 1.41 bits per heavy atom. The summed E-state index contributed by atoms with van der Waals surface area (Å²) in [5.74, 6) is 0. The molecular weight excluding hydrogens is 238 g/mol. The number of pyridine rings is 1. The summed E-state index contributed by atoms with van der Waals surface area (Å²) < 4.78 is 7.17. The molecule has 0 unspecified atom stereocenters. The van der Waals surface area contributed by atoms with Crippen LogP contribution in [0.25, 0.3) is 5.65 Å². The predicted molar refractivity (Wildman–Crippen MR) is 68.4 cm³/mol. The maximum absolute atomic E-state index is 5.91. The molecule has 0 atom stereocenters. The molecule has 0 bridgehead atoms. The Bertz CT molecular complexity index is 484. The lowest BCUT2D eigenvalue weighted by Gasteiger charge is -2.01. The lowest BCUT2D eigenvalue weighted by atomic mass is 10.4. The van der Waals surface area contributed by atoms with Crippen LogP contribution >= 0.6 is 11.6 Å². The molecule has 2 heterocycles. The number of aromatic nitrogens is 2. The van der Waals surface area contributed by atoms with Crippen LogP contribution in [0.2, 0.25) is 5.02 Å². The third-order valence-electron chi connectivity index (χ3n) is 2.40. The van der Waals surface area contributed by atoms with Crippen molar-refractivity contribution >= 4 is 17.2 Å². The summed E-state index contributed by atoms with van der Waals surface area (Å²) in [6.07, 6.45) is 3.84. The van der Waals surface area contributed by atoms with Crippen LogP contribution in [0.1, 0.15) is 12.6 Å². The van der Waals surface area contributed by atoms with E-state index < -0.39 is 0 Å². The molecule has 0 saturated heterocycles. The van der Waals surface area contributed by atoms with Crippen molar-refractivity contribution in [2.45, 2.75) is 13.5 Å². The average molecular weight is 254 g/mol. The largest absolute Gasteiger partial charge is 0.380 e. The van der Waals surface area contributed by atoms with E-state index in [0.29, 0.717) is 5.02 Å². The molecule has 0 aliphatic rings. The molecule has 2 rings (SSSR count). The van der Waals surface area contributed by atoms with Crippen molar-refractivity contribution in [3.63, 3.8) is 0 Å². The zero-order valence-corrected chi connectivity index (χ0v) is 10.6. The highest BCUT2D eigenvalue weighted by atomic mass is 35.5. The van der Waals surface area contributed by atoms with Crippen molar-refractivity contribution in [3.05, 3.63) is 35.2 Å². The van der Waals surface area contributed by atoms with E-state index in [4.69, 9.17) is 16.3 Å². The molecule has 1 N–H and O–H groups in total.